The van der Waals surface area contributed by atoms with Crippen LogP contribution in [0, 0.1) is 5.92 Å². The Kier molecular flexibility index (Phi) is 6.60. The molecule has 0 aromatic heterocycles. The second kappa shape index (κ2) is 7.46. The van der Waals surface area contributed by atoms with Crippen LogP contribution in [-0.4, -0.2) is 44.2 Å². The lowest BCUT2D eigenvalue weighted by atomic mass is 9.96. The molecule has 4 nitrogen and oxygen atoms in total. The first-order valence-corrected chi connectivity index (χ1v) is 8.78. The monoisotopic (exact) mass is 276 g/mol. The van der Waals surface area contributed by atoms with Gasteiger partial charge in [0, 0.05) is 12.6 Å². The van der Waals surface area contributed by atoms with E-state index in [-0.39, 0.29) is 6.04 Å². The van der Waals surface area contributed by atoms with Crippen molar-refractivity contribution in [1.82, 2.24) is 9.62 Å². The van der Waals surface area contributed by atoms with E-state index in [1.807, 2.05) is 20.8 Å². The van der Waals surface area contributed by atoms with E-state index >= 15 is 0 Å². The van der Waals surface area contributed by atoms with Crippen LogP contribution in [0.2, 0.25) is 0 Å². The quantitative estimate of drug-likeness (QED) is 0.772. The Morgan fingerprint density at radius 1 is 1.28 bits per heavy atom. The minimum absolute atomic E-state index is 0.0722. The first-order chi connectivity index (χ1) is 8.47. The second-order valence-corrected chi connectivity index (χ2v) is 7.54. The van der Waals surface area contributed by atoms with Crippen LogP contribution >= 0.6 is 0 Å². The molecule has 5 heteroatoms. The predicted octanol–water partition coefficient (Wildman–Crippen LogP) is 1.83. The highest BCUT2D eigenvalue weighted by Gasteiger charge is 2.25. The summed E-state index contributed by atoms with van der Waals surface area (Å²) in [5.41, 5.74) is 0. The van der Waals surface area contributed by atoms with Gasteiger partial charge in [-0.2, -0.15) is 4.31 Å². The average molecular weight is 276 g/mol. The normalized spacial score (nSPS) is 18.7. The van der Waals surface area contributed by atoms with Gasteiger partial charge in [-0.3, -0.25) is 0 Å². The van der Waals surface area contributed by atoms with Crippen LogP contribution in [0.15, 0.2) is 0 Å². The van der Waals surface area contributed by atoms with Gasteiger partial charge < -0.3 is 5.32 Å². The van der Waals surface area contributed by atoms with Crippen LogP contribution in [0.5, 0.6) is 0 Å². The van der Waals surface area contributed by atoms with Crippen molar-refractivity contribution in [3.8, 4) is 0 Å². The summed E-state index contributed by atoms with van der Waals surface area (Å²) in [7, 11) is -3.07. The zero-order valence-corrected chi connectivity index (χ0v) is 12.8. The molecule has 0 aliphatic carbocycles. The van der Waals surface area contributed by atoms with Crippen molar-refractivity contribution >= 4 is 10.0 Å². The van der Waals surface area contributed by atoms with Crippen LogP contribution in [0.1, 0.15) is 46.5 Å². The maximum atomic E-state index is 12.3. The molecule has 0 amide bonds. The first-order valence-electron chi connectivity index (χ1n) is 7.17. The van der Waals surface area contributed by atoms with Crippen molar-refractivity contribution in [3.63, 3.8) is 0 Å². The third-order valence-electron chi connectivity index (χ3n) is 3.62. The van der Waals surface area contributed by atoms with E-state index in [0.717, 1.165) is 38.8 Å². The van der Waals surface area contributed by atoms with E-state index in [0.29, 0.717) is 18.2 Å². The molecule has 0 aromatic rings. The van der Waals surface area contributed by atoms with E-state index in [4.69, 9.17) is 0 Å². The highest BCUT2D eigenvalue weighted by molar-refractivity contribution is 7.89. The number of piperidine rings is 1. The maximum Gasteiger partial charge on any atom is 0.214 e. The highest BCUT2D eigenvalue weighted by atomic mass is 32.2. The molecule has 0 spiro atoms. The van der Waals surface area contributed by atoms with Gasteiger partial charge in [-0.05, 0) is 58.5 Å². The Hall–Kier alpha value is -0.130. The third kappa shape index (κ3) is 4.86. The topological polar surface area (TPSA) is 49.4 Å². The molecule has 1 fully saturated rings. The number of hydrogen-bond donors (Lipinski definition) is 1. The van der Waals surface area contributed by atoms with E-state index < -0.39 is 10.0 Å². The Morgan fingerprint density at radius 3 is 2.39 bits per heavy atom. The van der Waals surface area contributed by atoms with Gasteiger partial charge in [0.25, 0.3) is 0 Å². The second-order valence-electron chi connectivity index (χ2n) is 5.50. The summed E-state index contributed by atoms with van der Waals surface area (Å²) in [6, 6.07) is 0.0722. The molecule has 1 aliphatic heterocycles. The summed E-state index contributed by atoms with van der Waals surface area (Å²) in [6.07, 6.45) is 3.93. The largest absolute Gasteiger partial charge is 0.317 e. The summed E-state index contributed by atoms with van der Waals surface area (Å²) in [6.45, 7) is 8.65. The van der Waals surface area contributed by atoms with Gasteiger partial charge >= 0.3 is 0 Å². The van der Waals surface area contributed by atoms with Crippen LogP contribution in [0.3, 0.4) is 0 Å². The molecular weight excluding hydrogens is 248 g/mol. The zero-order valence-electron chi connectivity index (χ0n) is 12.0. The molecule has 0 atom stereocenters. The molecule has 0 unspecified atom stereocenters. The summed E-state index contributed by atoms with van der Waals surface area (Å²) < 4.78 is 26.3. The Labute approximate surface area is 112 Å². The number of nitrogens with one attached hydrogen (secondary N) is 1. The smallest absolute Gasteiger partial charge is 0.214 e. The highest BCUT2D eigenvalue weighted by Crippen LogP contribution is 2.19. The molecule has 0 saturated carbocycles. The zero-order chi connectivity index (χ0) is 13.6. The molecule has 0 aromatic carbocycles. The number of nitrogens with zero attached hydrogens (tertiary/aromatic N) is 1. The Balaban J connectivity index is 2.50. The average Bonchev–Trinajstić information content (AvgIpc) is 2.34. The van der Waals surface area contributed by atoms with Gasteiger partial charge in [-0.1, -0.05) is 6.92 Å². The third-order valence-corrected chi connectivity index (χ3v) is 5.69. The molecule has 18 heavy (non-hydrogen) atoms. The van der Waals surface area contributed by atoms with Gasteiger partial charge in [-0.15, -0.1) is 0 Å². The molecule has 0 bridgehead atoms. The lowest BCUT2D eigenvalue weighted by Gasteiger charge is -2.27. The molecule has 108 valence electrons. The van der Waals surface area contributed by atoms with Crippen molar-refractivity contribution in [2.24, 2.45) is 5.92 Å². The number of sulfonamides is 1. The van der Waals surface area contributed by atoms with Gasteiger partial charge in [0.2, 0.25) is 10.0 Å². The first kappa shape index (κ1) is 15.9. The fourth-order valence-electron chi connectivity index (χ4n) is 2.54. The van der Waals surface area contributed by atoms with Crippen molar-refractivity contribution in [2.75, 3.05) is 25.4 Å². The SMILES string of the molecule is CCCN(C(C)C)S(=O)(=O)CCC1CCNCC1. The Bertz CT molecular complexity index is 322. The summed E-state index contributed by atoms with van der Waals surface area (Å²) in [5, 5.41) is 3.31. The van der Waals surface area contributed by atoms with Gasteiger partial charge in [-0.25, -0.2) is 8.42 Å². The van der Waals surface area contributed by atoms with Gasteiger partial charge in [0.05, 0.1) is 5.75 Å². The summed E-state index contributed by atoms with van der Waals surface area (Å²) >= 11 is 0. The lowest BCUT2D eigenvalue weighted by molar-refractivity contribution is 0.340. The van der Waals surface area contributed by atoms with Crippen molar-refractivity contribution in [3.05, 3.63) is 0 Å². The van der Waals surface area contributed by atoms with Crippen LogP contribution in [0.4, 0.5) is 0 Å². The molecule has 1 N–H and O–H groups in total. The van der Waals surface area contributed by atoms with Crippen LogP contribution < -0.4 is 5.32 Å². The summed E-state index contributed by atoms with van der Waals surface area (Å²) in [4.78, 5) is 0. The van der Waals surface area contributed by atoms with Crippen molar-refractivity contribution in [1.29, 1.82) is 0 Å². The minimum atomic E-state index is -3.07. The number of hydrogen-bond acceptors (Lipinski definition) is 3. The predicted molar refractivity (Wildman–Crippen MR) is 76.1 cm³/mol. The molecule has 1 aliphatic rings. The molecular formula is C13H28N2O2S. The van der Waals surface area contributed by atoms with Crippen molar-refractivity contribution in [2.45, 2.75) is 52.5 Å². The number of rotatable bonds is 7. The maximum absolute atomic E-state index is 12.3. The molecule has 1 rings (SSSR count). The minimum Gasteiger partial charge on any atom is -0.317 e. The van der Waals surface area contributed by atoms with E-state index in [1.54, 1.807) is 4.31 Å². The molecule has 1 saturated heterocycles. The molecule has 1 heterocycles. The van der Waals surface area contributed by atoms with Crippen LogP contribution in [-0.2, 0) is 10.0 Å². The summed E-state index contributed by atoms with van der Waals surface area (Å²) in [5.74, 6) is 0.896. The van der Waals surface area contributed by atoms with Gasteiger partial charge in [0.1, 0.15) is 0 Å². The lowest BCUT2D eigenvalue weighted by Crippen LogP contribution is -2.39. The fourth-order valence-corrected chi connectivity index (χ4v) is 4.51. The van der Waals surface area contributed by atoms with Crippen molar-refractivity contribution < 1.29 is 8.42 Å². The fraction of sp³-hybridized carbons (Fsp3) is 1.00. The van der Waals surface area contributed by atoms with E-state index in [1.165, 1.54) is 0 Å². The molecule has 0 radical (unpaired) electrons. The van der Waals surface area contributed by atoms with Crippen LogP contribution in [0.25, 0.3) is 0 Å². The Morgan fingerprint density at radius 2 is 1.89 bits per heavy atom. The van der Waals surface area contributed by atoms with E-state index in [2.05, 4.69) is 5.32 Å². The standard InChI is InChI=1S/C13H28N2O2S/c1-4-10-15(12(2)3)18(16,17)11-7-13-5-8-14-9-6-13/h12-14H,4-11H2,1-3H3. The van der Waals surface area contributed by atoms with E-state index in [9.17, 15) is 8.42 Å². The van der Waals surface area contributed by atoms with Gasteiger partial charge in [0.15, 0.2) is 0 Å².